The van der Waals surface area contributed by atoms with Crippen LogP contribution in [0.2, 0.25) is 10.0 Å². The number of nitrogens with zero attached hydrogens (tertiary/aromatic N) is 1. The van der Waals surface area contributed by atoms with Crippen LogP contribution in [0.5, 0.6) is 0 Å². The number of alkyl halides is 3. The van der Waals surface area contributed by atoms with Gasteiger partial charge in [0.25, 0.3) is 5.91 Å². The van der Waals surface area contributed by atoms with E-state index in [4.69, 9.17) is 23.2 Å². The van der Waals surface area contributed by atoms with Gasteiger partial charge >= 0.3 is 6.18 Å². The topological polar surface area (TPSA) is 34.0 Å². The quantitative estimate of drug-likeness (QED) is 0.298. The first-order valence-electron chi connectivity index (χ1n) is 9.97. The van der Waals surface area contributed by atoms with Crippen LogP contribution in [0.15, 0.2) is 66.9 Å². The van der Waals surface area contributed by atoms with Gasteiger partial charge in [-0.25, -0.2) is 0 Å². The number of halogens is 5. The number of fused-ring (bicyclic) bond motifs is 2. The van der Waals surface area contributed by atoms with Crippen molar-refractivity contribution < 1.29 is 18.0 Å². The predicted molar refractivity (Wildman–Crippen MR) is 125 cm³/mol. The molecule has 0 atom stereocenters. The Kier molecular flexibility index (Phi) is 5.22. The van der Waals surface area contributed by atoms with Gasteiger partial charge in [0.15, 0.2) is 0 Å². The van der Waals surface area contributed by atoms with E-state index in [1.807, 2.05) is 41.1 Å². The summed E-state index contributed by atoms with van der Waals surface area (Å²) in [5.41, 5.74) is 2.67. The lowest BCUT2D eigenvalue weighted by molar-refractivity contribution is -0.137. The maximum atomic E-state index is 13.1. The Bertz CT molecular complexity index is 1450. The molecule has 1 N–H and O–H groups in total. The summed E-state index contributed by atoms with van der Waals surface area (Å²) in [6.07, 6.45) is -0.878. The van der Waals surface area contributed by atoms with Crippen molar-refractivity contribution in [3.8, 4) is 0 Å². The normalized spacial score (nSPS) is 14.7. The van der Waals surface area contributed by atoms with Crippen molar-refractivity contribution in [2.24, 2.45) is 0 Å². The average molecular weight is 487 g/mol. The molecule has 1 aliphatic rings. The monoisotopic (exact) mass is 486 g/mol. The number of hydrogen-bond donors (Lipinski definition) is 1. The standard InChI is InChI=1S/C25H15Cl2F3N2O/c26-17-7-5-14(21(27)11-17)12-32-13-15(18-3-1-2-4-23(18)32)9-20-19-8-6-16(25(28,29)30)10-22(19)31-24(20)33/h1-11,13H,12H2,(H,31,33)/b20-9+. The zero-order valence-electron chi connectivity index (χ0n) is 16.9. The van der Waals surface area contributed by atoms with Gasteiger partial charge in [0, 0.05) is 56.1 Å². The zero-order valence-corrected chi connectivity index (χ0v) is 18.4. The van der Waals surface area contributed by atoms with Crippen LogP contribution < -0.4 is 5.32 Å². The fourth-order valence-electron chi connectivity index (χ4n) is 4.02. The van der Waals surface area contributed by atoms with E-state index in [0.717, 1.165) is 34.2 Å². The molecular weight excluding hydrogens is 472 g/mol. The highest BCUT2D eigenvalue weighted by atomic mass is 35.5. The molecule has 0 bridgehead atoms. The average Bonchev–Trinajstić information content (AvgIpc) is 3.27. The molecule has 0 fully saturated rings. The number of carbonyl (C=O) groups excluding carboxylic acids is 1. The minimum absolute atomic E-state index is 0.151. The van der Waals surface area contributed by atoms with Crippen LogP contribution >= 0.6 is 23.2 Å². The van der Waals surface area contributed by atoms with Crippen molar-refractivity contribution in [2.75, 3.05) is 5.32 Å². The molecule has 0 saturated heterocycles. The van der Waals surface area contributed by atoms with Crippen LogP contribution in [-0.2, 0) is 17.5 Å². The molecule has 0 saturated carbocycles. The number of para-hydroxylation sites is 1. The second-order valence-corrected chi connectivity index (χ2v) is 8.58. The molecule has 0 aliphatic carbocycles. The first-order chi connectivity index (χ1) is 15.7. The molecule has 8 heteroatoms. The number of carbonyl (C=O) groups is 1. The minimum Gasteiger partial charge on any atom is -0.342 e. The predicted octanol–water partition coefficient (Wildman–Crippen LogP) is 7.51. The van der Waals surface area contributed by atoms with E-state index in [-0.39, 0.29) is 5.69 Å². The third-order valence-electron chi connectivity index (χ3n) is 5.60. The maximum Gasteiger partial charge on any atom is 0.416 e. The number of aromatic nitrogens is 1. The number of rotatable bonds is 3. The van der Waals surface area contributed by atoms with Crippen molar-refractivity contribution in [2.45, 2.75) is 12.7 Å². The summed E-state index contributed by atoms with van der Waals surface area (Å²) in [5, 5.41) is 4.54. The molecule has 5 rings (SSSR count). The summed E-state index contributed by atoms with van der Waals surface area (Å²) in [7, 11) is 0. The van der Waals surface area contributed by atoms with Gasteiger partial charge in [-0.15, -0.1) is 0 Å². The first kappa shape index (κ1) is 21.6. The Balaban J connectivity index is 1.59. The lowest BCUT2D eigenvalue weighted by atomic mass is 10.0. The van der Waals surface area contributed by atoms with Crippen LogP contribution in [0.4, 0.5) is 18.9 Å². The van der Waals surface area contributed by atoms with Crippen molar-refractivity contribution in [3.05, 3.63) is 99.2 Å². The molecule has 1 aromatic heterocycles. The highest BCUT2D eigenvalue weighted by Gasteiger charge is 2.33. The molecule has 2 heterocycles. The minimum atomic E-state index is -4.48. The van der Waals surface area contributed by atoms with Crippen LogP contribution in [0, 0.1) is 0 Å². The maximum absolute atomic E-state index is 13.1. The smallest absolute Gasteiger partial charge is 0.342 e. The van der Waals surface area contributed by atoms with Gasteiger partial charge < -0.3 is 9.88 Å². The Labute approximate surface area is 197 Å². The summed E-state index contributed by atoms with van der Waals surface area (Å²) in [6.45, 7) is 0.484. The number of benzene rings is 3. The summed E-state index contributed by atoms with van der Waals surface area (Å²) >= 11 is 12.4. The van der Waals surface area contributed by atoms with Crippen molar-refractivity contribution in [1.82, 2.24) is 4.57 Å². The SMILES string of the molecule is O=C1Nc2cc(C(F)(F)F)ccc2/C1=C\c1cn(Cc2ccc(Cl)cc2Cl)c2ccccc12. The number of nitrogens with one attached hydrogen (secondary N) is 1. The summed E-state index contributed by atoms with van der Waals surface area (Å²) < 4.78 is 41.2. The van der Waals surface area contributed by atoms with Crippen LogP contribution in [0.25, 0.3) is 22.6 Å². The molecule has 1 aliphatic heterocycles. The van der Waals surface area contributed by atoms with Gasteiger partial charge in [-0.3, -0.25) is 4.79 Å². The molecule has 0 unspecified atom stereocenters. The number of hydrogen-bond acceptors (Lipinski definition) is 1. The van der Waals surface area contributed by atoms with E-state index < -0.39 is 17.6 Å². The Morgan fingerprint density at radius 1 is 1.00 bits per heavy atom. The highest BCUT2D eigenvalue weighted by Crippen LogP contribution is 2.39. The Morgan fingerprint density at radius 3 is 2.55 bits per heavy atom. The van der Waals surface area contributed by atoms with E-state index >= 15 is 0 Å². The number of amides is 1. The highest BCUT2D eigenvalue weighted by molar-refractivity contribution is 6.35. The van der Waals surface area contributed by atoms with Gasteiger partial charge in [-0.1, -0.05) is 53.5 Å². The Morgan fingerprint density at radius 2 is 1.79 bits per heavy atom. The van der Waals surface area contributed by atoms with Crippen LogP contribution in [-0.4, -0.2) is 10.5 Å². The lowest BCUT2D eigenvalue weighted by Crippen LogP contribution is -2.06. The van der Waals surface area contributed by atoms with E-state index in [9.17, 15) is 18.0 Å². The molecule has 4 aromatic rings. The summed E-state index contributed by atoms with van der Waals surface area (Å²) in [6, 6.07) is 16.3. The third-order valence-corrected chi connectivity index (χ3v) is 6.19. The molecular formula is C25H15Cl2F3N2O. The molecule has 166 valence electrons. The zero-order chi connectivity index (χ0) is 23.3. The molecule has 1 amide bonds. The van der Waals surface area contributed by atoms with E-state index in [0.29, 0.717) is 27.7 Å². The molecule has 33 heavy (non-hydrogen) atoms. The Hall–Kier alpha value is -3.22. The van der Waals surface area contributed by atoms with E-state index in [1.165, 1.54) is 6.07 Å². The second-order valence-electron chi connectivity index (χ2n) is 7.74. The van der Waals surface area contributed by atoms with E-state index in [2.05, 4.69) is 5.32 Å². The molecule has 0 radical (unpaired) electrons. The molecule has 3 nitrogen and oxygen atoms in total. The third kappa shape index (κ3) is 4.01. The fraction of sp³-hybridized carbons (Fsp3) is 0.0800. The largest absolute Gasteiger partial charge is 0.416 e. The van der Waals surface area contributed by atoms with Crippen LogP contribution in [0.3, 0.4) is 0 Å². The van der Waals surface area contributed by atoms with E-state index in [1.54, 1.807) is 18.2 Å². The van der Waals surface area contributed by atoms with Crippen molar-refractivity contribution in [1.29, 1.82) is 0 Å². The number of anilines is 1. The second kappa shape index (κ2) is 7.97. The van der Waals surface area contributed by atoms with Gasteiger partial charge in [0.1, 0.15) is 0 Å². The van der Waals surface area contributed by atoms with Gasteiger partial charge in [0.2, 0.25) is 0 Å². The van der Waals surface area contributed by atoms with Gasteiger partial charge in [-0.2, -0.15) is 13.2 Å². The van der Waals surface area contributed by atoms with Crippen LogP contribution in [0.1, 0.15) is 22.3 Å². The molecule has 3 aromatic carbocycles. The first-order valence-corrected chi connectivity index (χ1v) is 10.7. The van der Waals surface area contributed by atoms with Gasteiger partial charge in [0.05, 0.1) is 5.56 Å². The summed E-state index contributed by atoms with van der Waals surface area (Å²) in [4.78, 5) is 12.6. The summed E-state index contributed by atoms with van der Waals surface area (Å²) in [5.74, 6) is -0.443. The van der Waals surface area contributed by atoms with Gasteiger partial charge in [-0.05, 0) is 42.0 Å². The molecule has 0 spiro atoms. The fourth-order valence-corrected chi connectivity index (χ4v) is 4.49. The van der Waals surface area contributed by atoms with Crippen molar-refractivity contribution >= 4 is 57.3 Å². The van der Waals surface area contributed by atoms with Crippen molar-refractivity contribution in [3.63, 3.8) is 0 Å². The lowest BCUT2D eigenvalue weighted by Gasteiger charge is -2.08.